The molecule has 0 aliphatic carbocycles. The van der Waals surface area contributed by atoms with Gasteiger partial charge in [-0.2, -0.15) is 0 Å². The number of halogens is 1. The van der Waals surface area contributed by atoms with Crippen LogP contribution in [0.5, 0.6) is 0 Å². The Morgan fingerprint density at radius 3 is 2.55 bits per heavy atom. The lowest BCUT2D eigenvalue weighted by atomic mass is 10.0. The van der Waals surface area contributed by atoms with E-state index in [1.807, 2.05) is 55.5 Å². The Balaban J connectivity index is 1.39. The van der Waals surface area contributed by atoms with Gasteiger partial charge in [-0.25, -0.2) is 0 Å². The van der Waals surface area contributed by atoms with Crippen LogP contribution in [0.4, 0.5) is 0 Å². The van der Waals surface area contributed by atoms with Gasteiger partial charge in [-0.1, -0.05) is 41.9 Å². The molecule has 0 unspecified atom stereocenters. The summed E-state index contributed by atoms with van der Waals surface area (Å²) in [5.74, 6) is -0.231. The van der Waals surface area contributed by atoms with E-state index in [0.717, 1.165) is 33.2 Å². The second kappa shape index (κ2) is 9.88. The van der Waals surface area contributed by atoms with Crippen molar-refractivity contribution in [3.63, 3.8) is 0 Å². The Morgan fingerprint density at radius 1 is 1.03 bits per heavy atom. The monoisotopic (exact) mass is 460 g/mol. The summed E-state index contributed by atoms with van der Waals surface area (Å²) in [4.78, 5) is 31.3. The van der Waals surface area contributed by atoms with Gasteiger partial charge in [0.2, 0.25) is 5.91 Å². The lowest BCUT2D eigenvalue weighted by molar-refractivity contribution is -0.119. The highest BCUT2D eigenvalue weighted by atomic mass is 35.5. The third-order valence-electron chi connectivity index (χ3n) is 5.51. The molecule has 6 nitrogen and oxygen atoms in total. The molecule has 0 spiro atoms. The number of amides is 2. The Labute approximate surface area is 197 Å². The van der Waals surface area contributed by atoms with Crippen LogP contribution in [0.2, 0.25) is 5.02 Å². The fourth-order valence-corrected chi connectivity index (χ4v) is 4.00. The molecule has 2 aromatic heterocycles. The zero-order valence-corrected chi connectivity index (χ0v) is 19.2. The lowest BCUT2D eigenvalue weighted by Gasteiger charge is -2.13. The maximum Gasteiger partial charge on any atom is 0.253 e. The van der Waals surface area contributed by atoms with E-state index in [-0.39, 0.29) is 17.9 Å². The zero-order chi connectivity index (χ0) is 23.4. The highest BCUT2D eigenvalue weighted by molar-refractivity contribution is 6.35. The number of hydrogen-bond donors (Lipinski definition) is 3. The fraction of sp³-hybridized carbons (Fsp3) is 0.192. The topological polar surface area (TPSA) is 86.9 Å². The van der Waals surface area contributed by atoms with Crippen molar-refractivity contribution < 1.29 is 9.59 Å². The van der Waals surface area contributed by atoms with Crippen molar-refractivity contribution in [2.24, 2.45) is 0 Å². The summed E-state index contributed by atoms with van der Waals surface area (Å²) in [6, 6.07) is 15.8. The van der Waals surface area contributed by atoms with E-state index in [1.165, 1.54) is 6.92 Å². The van der Waals surface area contributed by atoms with E-state index in [4.69, 9.17) is 11.6 Å². The molecule has 0 radical (unpaired) electrons. The number of carbonyl (C=O) groups is 2. The van der Waals surface area contributed by atoms with Gasteiger partial charge in [-0.3, -0.25) is 14.6 Å². The van der Waals surface area contributed by atoms with Crippen molar-refractivity contribution in [1.29, 1.82) is 0 Å². The molecule has 4 rings (SSSR count). The summed E-state index contributed by atoms with van der Waals surface area (Å²) in [5.41, 5.74) is 5.54. The standard InChI is InChI=1S/C26H25ClN4O2/c1-16(31-17(2)32)21-6-3-18(4-7-21)9-20-10-22(14-28-12-20)26(33)30-13-19-5-8-25-23(11-19)24(27)15-29-25/h3-8,10-12,14-16,29H,9,13H2,1-2H3,(H,30,33)(H,31,32)/t16-/m0/s1. The maximum absolute atomic E-state index is 12.7. The molecule has 0 saturated carbocycles. The Kier molecular flexibility index (Phi) is 6.75. The number of aromatic nitrogens is 2. The normalized spacial score (nSPS) is 11.8. The average Bonchev–Trinajstić information content (AvgIpc) is 3.18. The third kappa shape index (κ3) is 5.59. The highest BCUT2D eigenvalue weighted by Crippen LogP contribution is 2.24. The lowest BCUT2D eigenvalue weighted by Crippen LogP contribution is -2.23. The number of pyridine rings is 1. The van der Waals surface area contributed by atoms with Gasteiger partial charge < -0.3 is 15.6 Å². The van der Waals surface area contributed by atoms with Gasteiger partial charge in [0.25, 0.3) is 5.91 Å². The molecular weight excluding hydrogens is 436 g/mol. The predicted molar refractivity (Wildman–Crippen MR) is 130 cm³/mol. The fourth-order valence-electron chi connectivity index (χ4n) is 3.78. The van der Waals surface area contributed by atoms with Gasteiger partial charge >= 0.3 is 0 Å². The van der Waals surface area contributed by atoms with Crippen LogP contribution < -0.4 is 10.6 Å². The number of nitrogens with one attached hydrogen (secondary N) is 3. The molecule has 168 valence electrons. The second-order valence-corrected chi connectivity index (χ2v) is 8.53. The molecule has 7 heteroatoms. The number of benzene rings is 2. The maximum atomic E-state index is 12.7. The summed E-state index contributed by atoms with van der Waals surface area (Å²) < 4.78 is 0. The van der Waals surface area contributed by atoms with Crippen LogP contribution in [0.15, 0.2) is 67.1 Å². The number of hydrogen-bond acceptors (Lipinski definition) is 3. The molecule has 0 saturated heterocycles. The molecule has 0 bridgehead atoms. The van der Waals surface area contributed by atoms with Crippen molar-refractivity contribution in [3.8, 4) is 0 Å². The largest absolute Gasteiger partial charge is 0.360 e. The van der Waals surface area contributed by atoms with Crippen LogP contribution in [0.25, 0.3) is 10.9 Å². The summed E-state index contributed by atoms with van der Waals surface area (Å²) in [7, 11) is 0. The predicted octanol–water partition coefficient (Wildman–Crippen LogP) is 4.93. The number of fused-ring (bicyclic) bond motifs is 1. The number of rotatable bonds is 7. The Morgan fingerprint density at radius 2 is 1.79 bits per heavy atom. The van der Waals surface area contributed by atoms with Crippen LogP contribution in [-0.4, -0.2) is 21.8 Å². The molecule has 3 N–H and O–H groups in total. The highest BCUT2D eigenvalue weighted by Gasteiger charge is 2.10. The van der Waals surface area contributed by atoms with Crippen LogP contribution in [0.1, 0.15) is 52.5 Å². The first kappa shape index (κ1) is 22.6. The third-order valence-corrected chi connectivity index (χ3v) is 5.83. The van der Waals surface area contributed by atoms with Crippen LogP contribution in [0.3, 0.4) is 0 Å². The van der Waals surface area contributed by atoms with E-state index in [0.29, 0.717) is 23.6 Å². The average molecular weight is 461 g/mol. The summed E-state index contributed by atoms with van der Waals surface area (Å²) in [5, 5.41) is 7.43. The minimum atomic E-state index is -0.177. The molecular formula is C26H25ClN4O2. The molecule has 2 amide bonds. The molecule has 0 aliphatic rings. The van der Waals surface area contributed by atoms with Gasteiger partial charge in [0.15, 0.2) is 0 Å². The van der Waals surface area contributed by atoms with Gasteiger partial charge in [0.1, 0.15) is 0 Å². The first-order chi connectivity index (χ1) is 15.9. The molecule has 33 heavy (non-hydrogen) atoms. The van der Waals surface area contributed by atoms with Crippen LogP contribution >= 0.6 is 11.6 Å². The van der Waals surface area contributed by atoms with Gasteiger partial charge in [-0.05, 0) is 53.8 Å². The second-order valence-electron chi connectivity index (χ2n) is 8.12. The number of nitrogens with zero attached hydrogens (tertiary/aromatic N) is 1. The molecule has 4 aromatic rings. The summed E-state index contributed by atoms with van der Waals surface area (Å²) >= 11 is 6.19. The van der Waals surface area contributed by atoms with Crippen molar-refractivity contribution in [3.05, 3.63) is 100.0 Å². The first-order valence-electron chi connectivity index (χ1n) is 10.7. The minimum absolute atomic E-state index is 0.0424. The van der Waals surface area contributed by atoms with E-state index >= 15 is 0 Å². The number of aromatic amines is 1. The van der Waals surface area contributed by atoms with Crippen molar-refractivity contribution >= 4 is 34.3 Å². The number of carbonyl (C=O) groups excluding carboxylic acids is 2. The smallest absolute Gasteiger partial charge is 0.253 e. The summed E-state index contributed by atoms with van der Waals surface area (Å²) in [6.07, 6.45) is 5.75. The molecule has 0 fully saturated rings. The van der Waals surface area contributed by atoms with Gasteiger partial charge in [0.05, 0.1) is 16.6 Å². The van der Waals surface area contributed by atoms with Crippen LogP contribution in [0, 0.1) is 0 Å². The Bertz CT molecular complexity index is 1300. The van der Waals surface area contributed by atoms with Gasteiger partial charge in [-0.15, -0.1) is 0 Å². The van der Waals surface area contributed by atoms with Crippen molar-refractivity contribution in [2.75, 3.05) is 0 Å². The van der Waals surface area contributed by atoms with Crippen LogP contribution in [-0.2, 0) is 17.8 Å². The van der Waals surface area contributed by atoms with Crippen molar-refractivity contribution in [1.82, 2.24) is 20.6 Å². The molecule has 2 aromatic carbocycles. The summed E-state index contributed by atoms with van der Waals surface area (Å²) in [6.45, 7) is 3.86. The van der Waals surface area contributed by atoms with Gasteiger partial charge in [0, 0.05) is 43.0 Å². The molecule has 0 aliphatic heterocycles. The van der Waals surface area contributed by atoms with E-state index in [2.05, 4.69) is 20.6 Å². The van der Waals surface area contributed by atoms with Crippen molar-refractivity contribution in [2.45, 2.75) is 32.9 Å². The zero-order valence-electron chi connectivity index (χ0n) is 18.5. The van der Waals surface area contributed by atoms with E-state index < -0.39 is 0 Å². The quantitative estimate of drug-likeness (QED) is 0.365. The SMILES string of the molecule is CC(=O)N[C@@H](C)c1ccc(Cc2cncc(C(=O)NCc3ccc4[nH]cc(Cl)c4c3)c2)cc1. The number of H-pyrrole nitrogens is 1. The van der Waals surface area contributed by atoms with E-state index in [9.17, 15) is 9.59 Å². The van der Waals surface area contributed by atoms with E-state index in [1.54, 1.807) is 18.6 Å². The molecule has 2 heterocycles. The Hall–Kier alpha value is -3.64. The minimum Gasteiger partial charge on any atom is -0.360 e. The first-order valence-corrected chi connectivity index (χ1v) is 11.1. The molecule has 1 atom stereocenters.